The van der Waals surface area contributed by atoms with E-state index in [1.165, 1.54) is 0 Å². The molecule has 1 aromatic rings. The molecule has 0 amide bonds. The molecule has 1 saturated carbocycles. The van der Waals surface area contributed by atoms with Gasteiger partial charge in [0.25, 0.3) is 0 Å². The lowest BCUT2D eigenvalue weighted by Gasteiger charge is -2.07. The second-order valence-electron chi connectivity index (χ2n) is 3.96. The van der Waals surface area contributed by atoms with Crippen molar-refractivity contribution in [2.45, 2.75) is 24.8 Å². The lowest BCUT2D eigenvalue weighted by atomic mass is 10.0. The summed E-state index contributed by atoms with van der Waals surface area (Å²) in [5.41, 5.74) is 6.90. The molecule has 0 heterocycles. The number of carboxylic acid groups (broad SMARTS) is 1. The molecule has 2 atom stereocenters. The van der Waals surface area contributed by atoms with Crippen LogP contribution >= 0.6 is 0 Å². The van der Waals surface area contributed by atoms with Crippen molar-refractivity contribution in [3.63, 3.8) is 0 Å². The van der Waals surface area contributed by atoms with Crippen LogP contribution in [0.25, 0.3) is 0 Å². The van der Waals surface area contributed by atoms with Gasteiger partial charge in [0.2, 0.25) is 0 Å². The van der Waals surface area contributed by atoms with Gasteiger partial charge >= 0.3 is 5.97 Å². The highest BCUT2D eigenvalue weighted by Gasteiger charge is 2.58. The number of hydrogen-bond donors (Lipinski definition) is 2. The van der Waals surface area contributed by atoms with Crippen LogP contribution in [-0.2, 0) is 4.79 Å². The molecule has 0 radical (unpaired) electrons. The third kappa shape index (κ3) is 1.21. The minimum absolute atomic E-state index is 0.0128. The predicted molar refractivity (Wildman–Crippen MR) is 53.1 cm³/mol. The van der Waals surface area contributed by atoms with E-state index in [4.69, 9.17) is 10.8 Å². The fraction of sp³-hybridized carbons (Fsp3) is 0.364. The minimum atomic E-state index is -1.02. The highest BCUT2D eigenvalue weighted by atomic mass is 16.4. The Morgan fingerprint density at radius 2 is 2.21 bits per heavy atom. The van der Waals surface area contributed by atoms with Crippen molar-refractivity contribution in [3.8, 4) is 0 Å². The van der Waals surface area contributed by atoms with Crippen molar-refractivity contribution in [1.29, 1.82) is 0 Å². The van der Waals surface area contributed by atoms with Crippen molar-refractivity contribution in [2.24, 2.45) is 5.73 Å². The van der Waals surface area contributed by atoms with E-state index >= 15 is 0 Å². The molecule has 0 spiro atoms. The van der Waals surface area contributed by atoms with E-state index in [-0.39, 0.29) is 5.92 Å². The molecule has 74 valence electrons. The van der Waals surface area contributed by atoms with Crippen LogP contribution in [0.2, 0.25) is 0 Å². The van der Waals surface area contributed by atoms with E-state index in [1.54, 1.807) is 0 Å². The fourth-order valence-electron chi connectivity index (χ4n) is 1.88. The third-order valence-corrected chi connectivity index (χ3v) is 2.97. The average molecular weight is 191 g/mol. The quantitative estimate of drug-likeness (QED) is 0.739. The Morgan fingerprint density at radius 1 is 1.57 bits per heavy atom. The topological polar surface area (TPSA) is 63.3 Å². The smallest absolute Gasteiger partial charge is 0.324 e. The molecule has 0 aromatic heterocycles. The highest BCUT2D eigenvalue weighted by Crippen LogP contribution is 2.50. The summed E-state index contributed by atoms with van der Waals surface area (Å²) in [5.74, 6) is -0.910. The van der Waals surface area contributed by atoms with Crippen LogP contribution in [-0.4, -0.2) is 16.6 Å². The maximum absolute atomic E-state index is 10.9. The number of rotatable bonds is 2. The normalized spacial score (nSPS) is 30.0. The van der Waals surface area contributed by atoms with Crippen molar-refractivity contribution in [2.75, 3.05) is 0 Å². The highest BCUT2D eigenvalue weighted by molar-refractivity contribution is 5.85. The van der Waals surface area contributed by atoms with Gasteiger partial charge in [-0.1, -0.05) is 24.3 Å². The second kappa shape index (κ2) is 2.82. The van der Waals surface area contributed by atoms with Crippen LogP contribution in [0.15, 0.2) is 24.3 Å². The molecule has 0 unspecified atom stereocenters. The van der Waals surface area contributed by atoms with E-state index in [0.29, 0.717) is 6.42 Å². The van der Waals surface area contributed by atoms with Gasteiger partial charge in [0.05, 0.1) is 0 Å². The van der Waals surface area contributed by atoms with Gasteiger partial charge in [-0.05, 0) is 24.5 Å². The van der Waals surface area contributed by atoms with Crippen LogP contribution in [0, 0.1) is 6.92 Å². The fourth-order valence-corrected chi connectivity index (χ4v) is 1.88. The standard InChI is InChI=1S/C11H13NO2/c1-7-4-2-3-5-8(7)9-6-11(9,12)10(13)14/h2-5,9H,6,12H2,1H3,(H,13,14)/t9-,11+/m1/s1. The molecule has 3 N–H and O–H groups in total. The molecule has 0 saturated heterocycles. The number of hydrogen-bond acceptors (Lipinski definition) is 2. The summed E-state index contributed by atoms with van der Waals surface area (Å²) in [4.78, 5) is 10.9. The van der Waals surface area contributed by atoms with E-state index in [2.05, 4.69) is 0 Å². The molecular weight excluding hydrogens is 178 g/mol. The first-order valence-corrected chi connectivity index (χ1v) is 4.63. The van der Waals surface area contributed by atoms with Crippen molar-refractivity contribution < 1.29 is 9.90 Å². The van der Waals surface area contributed by atoms with Crippen molar-refractivity contribution >= 4 is 5.97 Å². The molecule has 1 aliphatic rings. The van der Waals surface area contributed by atoms with Crippen LogP contribution in [0.1, 0.15) is 23.5 Å². The molecular formula is C11H13NO2. The lowest BCUT2D eigenvalue weighted by molar-refractivity contribution is -0.139. The van der Waals surface area contributed by atoms with Gasteiger partial charge < -0.3 is 10.8 Å². The van der Waals surface area contributed by atoms with Crippen LogP contribution in [0.5, 0.6) is 0 Å². The molecule has 3 nitrogen and oxygen atoms in total. The summed E-state index contributed by atoms with van der Waals surface area (Å²) in [5, 5.41) is 8.91. The average Bonchev–Trinajstić information content (AvgIpc) is 2.80. The summed E-state index contributed by atoms with van der Waals surface area (Å²) in [7, 11) is 0. The van der Waals surface area contributed by atoms with Crippen molar-refractivity contribution in [1.82, 2.24) is 0 Å². The minimum Gasteiger partial charge on any atom is -0.480 e. The molecule has 1 aliphatic carbocycles. The molecule has 0 aliphatic heterocycles. The van der Waals surface area contributed by atoms with Gasteiger partial charge in [0.1, 0.15) is 5.54 Å². The molecule has 2 rings (SSSR count). The molecule has 14 heavy (non-hydrogen) atoms. The van der Waals surface area contributed by atoms with Gasteiger partial charge in [-0.25, -0.2) is 0 Å². The monoisotopic (exact) mass is 191 g/mol. The zero-order valence-electron chi connectivity index (χ0n) is 8.03. The maximum Gasteiger partial charge on any atom is 0.324 e. The number of aliphatic carboxylic acids is 1. The van der Waals surface area contributed by atoms with Crippen molar-refractivity contribution in [3.05, 3.63) is 35.4 Å². The van der Waals surface area contributed by atoms with Crippen LogP contribution < -0.4 is 5.73 Å². The molecule has 1 aromatic carbocycles. The Morgan fingerprint density at radius 3 is 2.71 bits per heavy atom. The van der Waals surface area contributed by atoms with Gasteiger partial charge in [-0.2, -0.15) is 0 Å². The van der Waals surface area contributed by atoms with Gasteiger partial charge in [-0.15, -0.1) is 0 Å². The van der Waals surface area contributed by atoms with Gasteiger partial charge in [-0.3, -0.25) is 4.79 Å². The zero-order chi connectivity index (χ0) is 10.3. The summed E-state index contributed by atoms with van der Waals surface area (Å²) < 4.78 is 0. The van der Waals surface area contributed by atoms with Gasteiger partial charge in [0.15, 0.2) is 0 Å². The molecule has 0 bridgehead atoms. The molecule has 3 heteroatoms. The van der Waals surface area contributed by atoms with E-state index < -0.39 is 11.5 Å². The lowest BCUT2D eigenvalue weighted by Crippen LogP contribution is -2.34. The van der Waals surface area contributed by atoms with E-state index in [9.17, 15) is 4.79 Å². The summed E-state index contributed by atoms with van der Waals surface area (Å²) in [6.45, 7) is 1.98. The zero-order valence-corrected chi connectivity index (χ0v) is 8.03. The number of nitrogens with two attached hydrogens (primary N) is 1. The number of carboxylic acids is 1. The second-order valence-corrected chi connectivity index (χ2v) is 3.96. The number of carbonyl (C=O) groups is 1. The summed E-state index contributed by atoms with van der Waals surface area (Å²) in [6.07, 6.45) is 0.549. The number of aryl methyl sites for hydroxylation is 1. The van der Waals surface area contributed by atoms with E-state index in [1.807, 2.05) is 31.2 Å². The predicted octanol–water partition coefficient (Wildman–Crippen LogP) is 1.26. The molecule has 1 fully saturated rings. The third-order valence-electron chi connectivity index (χ3n) is 2.97. The Bertz CT molecular complexity index is 389. The Hall–Kier alpha value is -1.35. The Kier molecular flexibility index (Phi) is 1.86. The van der Waals surface area contributed by atoms with Crippen LogP contribution in [0.3, 0.4) is 0 Å². The first-order chi connectivity index (χ1) is 6.55. The number of benzene rings is 1. The Labute approximate surface area is 82.5 Å². The Balaban J connectivity index is 2.29. The first-order valence-electron chi connectivity index (χ1n) is 4.63. The maximum atomic E-state index is 10.9. The van der Waals surface area contributed by atoms with Crippen LogP contribution in [0.4, 0.5) is 0 Å². The summed E-state index contributed by atoms with van der Waals surface area (Å²) in [6, 6.07) is 7.80. The largest absolute Gasteiger partial charge is 0.480 e. The van der Waals surface area contributed by atoms with Gasteiger partial charge in [0, 0.05) is 5.92 Å². The first kappa shape index (κ1) is 9.21. The summed E-state index contributed by atoms with van der Waals surface area (Å²) >= 11 is 0. The van der Waals surface area contributed by atoms with E-state index in [0.717, 1.165) is 11.1 Å². The SMILES string of the molecule is Cc1ccccc1[C@H]1C[C@@]1(N)C(=O)O.